The normalized spacial score (nSPS) is 21.1. The third-order valence-electron chi connectivity index (χ3n) is 5.60. The highest BCUT2D eigenvalue weighted by Gasteiger charge is 2.31. The van der Waals surface area contributed by atoms with Crippen molar-refractivity contribution in [2.45, 2.75) is 51.0 Å². The molecule has 3 rings (SSSR count). The maximum absolute atomic E-state index is 12.8. The Bertz CT molecular complexity index is 614. The third kappa shape index (κ3) is 6.47. The lowest BCUT2D eigenvalue weighted by Gasteiger charge is -2.26. The van der Waals surface area contributed by atoms with E-state index in [1.54, 1.807) is 18.0 Å². The Morgan fingerprint density at radius 1 is 1.32 bits per heavy atom. The van der Waals surface area contributed by atoms with E-state index in [0.29, 0.717) is 5.91 Å². The molecule has 1 amide bonds. The van der Waals surface area contributed by atoms with Crippen molar-refractivity contribution in [3.05, 3.63) is 24.2 Å². The number of thioether (sulfide) groups is 1. The van der Waals surface area contributed by atoms with Crippen LogP contribution in [-0.4, -0.2) is 61.0 Å². The molecule has 1 aliphatic carbocycles. The number of amides is 1. The molecule has 6 nitrogen and oxygen atoms in total. The molecule has 1 atom stereocenters. The molecule has 2 aliphatic rings. The molecule has 2 N–H and O–H groups in total. The van der Waals surface area contributed by atoms with Gasteiger partial charge in [-0.15, -0.1) is 0 Å². The van der Waals surface area contributed by atoms with Gasteiger partial charge < -0.3 is 20.0 Å². The van der Waals surface area contributed by atoms with Crippen molar-refractivity contribution >= 4 is 23.6 Å². The molecule has 0 aromatic carbocycles. The van der Waals surface area contributed by atoms with Crippen molar-refractivity contribution in [2.24, 2.45) is 10.9 Å². The fraction of sp³-hybridized carbons (Fsp3) is 0.714. The SMILES string of the molecule is CSCCN=C(NCCc1ccco1)NC1CCN(C(=O)C2CCCCC2)C1. The number of nitrogens with zero attached hydrogens (tertiary/aromatic N) is 2. The van der Waals surface area contributed by atoms with Crippen LogP contribution in [0.4, 0.5) is 0 Å². The summed E-state index contributed by atoms with van der Waals surface area (Å²) < 4.78 is 5.40. The predicted octanol–water partition coefficient (Wildman–Crippen LogP) is 2.90. The number of guanidine groups is 1. The molecule has 2 fully saturated rings. The van der Waals surface area contributed by atoms with E-state index in [1.165, 1.54) is 19.3 Å². The monoisotopic (exact) mass is 406 g/mol. The highest BCUT2D eigenvalue weighted by molar-refractivity contribution is 7.98. The van der Waals surface area contributed by atoms with Crippen LogP contribution in [0.5, 0.6) is 0 Å². The second-order valence-electron chi connectivity index (χ2n) is 7.73. The molecule has 2 heterocycles. The summed E-state index contributed by atoms with van der Waals surface area (Å²) in [5.41, 5.74) is 0. The minimum Gasteiger partial charge on any atom is -0.469 e. The quantitative estimate of drug-likeness (QED) is 0.395. The summed E-state index contributed by atoms with van der Waals surface area (Å²) in [5, 5.41) is 6.97. The first kappa shape index (κ1) is 21.1. The summed E-state index contributed by atoms with van der Waals surface area (Å²) in [4.78, 5) is 19.5. The van der Waals surface area contributed by atoms with E-state index in [1.807, 2.05) is 12.1 Å². The number of hydrogen-bond donors (Lipinski definition) is 2. The molecule has 1 saturated heterocycles. The summed E-state index contributed by atoms with van der Waals surface area (Å²) >= 11 is 1.80. The fourth-order valence-electron chi connectivity index (χ4n) is 4.04. The molecule has 1 aliphatic heterocycles. The summed E-state index contributed by atoms with van der Waals surface area (Å²) in [5.74, 6) is 3.45. The number of hydrogen-bond acceptors (Lipinski definition) is 4. The number of carbonyl (C=O) groups excluding carboxylic acids is 1. The average molecular weight is 407 g/mol. The Morgan fingerprint density at radius 3 is 2.93 bits per heavy atom. The molecule has 28 heavy (non-hydrogen) atoms. The van der Waals surface area contributed by atoms with E-state index in [0.717, 1.165) is 69.3 Å². The van der Waals surface area contributed by atoms with E-state index in [2.05, 4.69) is 21.8 Å². The molecule has 7 heteroatoms. The minimum absolute atomic E-state index is 0.258. The molecule has 1 aromatic heterocycles. The van der Waals surface area contributed by atoms with Crippen LogP contribution in [0.15, 0.2) is 27.8 Å². The van der Waals surface area contributed by atoms with E-state index < -0.39 is 0 Å². The van der Waals surface area contributed by atoms with E-state index in [9.17, 15) is 4.79 Å². The van der Waals surface area contributed by atoms with Crippen LogP contribution in [-0.2, 0) is 11.2 Å². The van der Waals surface area contributed by atoms with Gasteiger partial charge in [0.05, 0.1) is 12.8 Å². The van der Waals surface area contributed by atoms with Crippen molar-refractivity contribution in [1.82, 2.24) is 15.5 Å². The lowest BCUT2D eigenvalue weighted by molar-refractivity contribution is -0.135. The highest BCUT2D eigenvalue weighted by atomic mass is 32.2. The Kier molecular flexibility index (Phi) is 8.58. The molecular formula is C21H34N4O2S. The number of aliphatic imine (C=N–C) groups is 1. The number of likely N-dealkylation sites (tertiary alicyclic amines) is 1. The van der Waals surface area contributed by atoms with Crippen molar-refractivity contribution < 1.29 is 9.21 Å². The lowest BCUT2D eigenvalue weighted by atomic mass is 9.88. The Labute approximate surface area is 172 Å². The highest BCUT2D eigenvalue weighted by Crippen LogP contribution is 2.26. The Hall–Kier alpha value is -1.63. The fourth-order valence-corrected chi connectivity index (χ4v) is 4.31. The minimum atomic E-state index is 0.258. The molecule has 0 bridgehead atoms. The molecule has 1 saturated carbocycles. The largest absolute Gasteiger partial charge is 0.469 e. The van der Waals surface area contributed by atoms with Crippen LogP contribution in [0.3, 0.4) is 0 Å². The smallest absolute Gasteiger partial charge is 0.225 e. The third-order valence-corrected chi connectivity index (χ3v) is 6.20. The molecule has 0 radical (unpaired) electrons. The van der Waals surface area contributed by atoms with Gasteiger partial charge in [0.1, 0.15) is 5.76 Å². The summed E-state index contributed by atoms with van der Waals surface area (Å²) in [7, 11) is 0. The zero-order valence-corrected chi connectivity index (χ0v) is 17.8. The predicted molar refractivity (Wildman–Crippen MR) is 116 cm³/mol. The van der Waals surface area contributed by atoms with Gasteiger partial charge in [0, 0.05) is 43.8 Å². The van der Waals surface area contributed by atoms with Crippen LogP contribution >= 0.6 is 11.8 Å². The van der Waals surface area contributed by atoms with Gasteiger partial charge in [-0.1, -0.05) is 19.3 Å². The van der Waals surface area contributed by atoms with Crippen LogP contribution in [0.2, 0.25) is 0 Å². The lowest BCUT2D eigenvalue weighted by Crippen LogP contribution is -2.46. The number of carbonyl (C=O) groups is 1. The molecule has 156 valence electrons. The van der Waals surface area contributed by atoms with Gasteiger partial charge in [-0.3, -0.25) is 9.79 Å². The molecule has 0 spiro atoms. The van der Waals surface area contributed by atoms with Crippen LogP contribution < -0.4 is 10.6 Å². The van der Waals surface area contributed by atoms with E-state index in [4.69, 9.17) is 9.41 Å². The first-order valence-corrected chi connectivity index (χ1v) is 12.0. The van der Waals surface area contributed by atoms with E-state index >= 15 is 0 Å². The summed E-state index contributed by atoms with van der Waals surface area (Å²) in [6, 6.07) is 4.18. The Balaban J connectivity index is 1.47. The summed E-state index contributed by atoms with van der Waals surface area (Å²) in [6.07, 6.45) is 11.5. The maximum Gasteiger partial charge on any atom is 0.225 e. The first-order valence-electron chi connectivity index (χ1n) is 10.6. The van der Waals surface area contributed by atoms with E-state index in [-0.39, 0.29) is 12.0 Å². The zero-order valence-electron chi connectivity index (χ0n) is 17.0. The molecular weight excluding hydrogens is 372 g/mol. The van der Waals surface area contributed by atoms with Gasteiger partial charge >= 0.3 is 0 Å². The van der Waals surface area contributed by atoms with Gasteiger partial charge in [0.15, 0.2) is 5.96 Å². The van der Waals surface area contributed by atoms with Gasteiger partial charge in [0.25, 0.3) is 0 Å². The number of furan rings is 1. The summed E-state index contributed by atoms with van der Waals surface area (Å²) in [6.45, 7) is 3.21. The van der Waals surface area contributed by atoms with Crippen molar-refractivity contribution in [1.29, 1.82) is 0 Å². The van der Waals surface area contributed by atoms with Crippen molar-refractivity contribution in [3.8, 4) is 0 Å². The van der Waals surface area contributed by atoms with Crippen LogP contribution in [0.1, 0.15) is 44.3 Å². The molecule has 1 unspecified atom stereocenters. The topological polar surface area (TPSA) is 69.9 Å². The molecule has 1 aromatic rings. The van der Waals surface area contributed by atoms with Crippen molar-refractivity contribution in [2.75, 3.05) is 38.2 Å². The van der Waals surface area contributed by atoms with Gasteiger partial charge in [-0.05, 0) is 37.7 Å². The second kappa shape index (κ2) is 11.4. The Morgan fingerprint density at radius 2 is 2.18 bits per heavy atom. The first-order chi connectivity index (χ1) is 13.8. The van der Waals surface area contributed by atoms with Crippen LogP contribution in [0, 0.1) is 5.92 Å². The number of nitrogens with one attached hydrogen (secondary N) is 2. The van der Waals surface area contributed by atoms with Gasteiger partial charge in [-0.2, -0.15) is 11.8 Å². The standard InChI is InChI=1S/C21H34N4O2S/c1-28-15-12-23-21(22-11-9-19-8-5-14-27-19)24-18-10-13-25(16-18)20(26)17-6-3-2-4-7-17/h5,8,14,17-18H,2-4,6-7,9-13,15-16H2,1H3,(H2,22,23,24). The van der Waals surface area contributed by atoms with Crippen LogP contribution in [0.25, 0.3) is 0 Å². The van der Waals surface area contributed by atoms with Gasteiger partial charge in [0.2, 0.25) is 5.91 Å². The number of rotatable bonds is 8. The van der Waals surface area contributed by atoms with Gasteiger partial charge in [-0.25, -0.2) is 0 Å². The average Bonchev–Trinajstić information content (AvgIpc) is 3.40. The zero-order chi connectivity index (χ0) is 19.6. The van der Waals surface area contributed by atoms with Crippen molar-refractivity contribution in [3.63, 3.8) is 0 Å². The maximum atomic E-state index is 12.8. The second-order valence-corrected chi connectivity index (χ2v) is 8.71.